The zero-order valence-corrected chi connectivity index (χ0v) is 25.7. The molecule has 2 unspecified atom stereocenters. The van der Waals surface area contributed by atoms with Gasteiger partial charge in [0.1, 0.15) is 12.7 Å². The summed E-state index contributed by atoms with van der Waals surface area (Å²) in [7, 11) is 4.55. The molecule has 0 saturated heterocycles. The van der Waals surface area contributed by atoms with Gasteiger partial charge in [0.05, 0.1) is 36.2 Å². The van der Waals surface area contributed by atoms with Crippen molar-refractivity contribution in [2.75, 3.05) is 47.5 Å². The van der Waals surface area contributed by atoms with Crippen LogP contribution in [0.3, 0.4) is 0 Å². The summed E-state index contributed by atoms with van der Waals surface area (Å²) in [5.41, 5.74) is 0.209. The lowest BCUT2D eigenvalue weighted by Crippen LogP contribution is -2.51. The number of likely N-dealkylation sites (N-methyl/N-ethyl adjacent to an activating group) is 1. The van der Waals surface area contributed by atoms with E-state index in [0.29, 0.717) is 29.4 Å². The largest absolute Gasteiger partial charge is 0.493 e. The lowest BCUT2D eigenvalue weighted by Gasteiger charge is -2.35. The number of β-amino-alcohol motifs (C(OH)–C–C–N with tert-alkyl or cyclic N) is 1. The Morgan fingerprint density at radius 3 is 2.43 bits per heavy atom. The van der Waals surface area contributed by atoms with Crippen LogP contribution in [0.4, 0.5) is 5.69 Å². The Kier molecular flexibility index (Phi) is 11.5. The van der Waals surface area contributed by atoms with E-state index in [-0.39, 0.29) is 42.1 Å². The number of carbonyl (C=O) groups is 2. The number of nitrogens with zero attached hydrogens (tertiary/aromatic N) is 2. The summed E-state index contributed by atoms with van der Waals surface area (Å²) in [6.45, 7) is 6.41. The van der Waals surface area contributed by atoms with Crippen LogP contribution in [0, 0.1) is 10.1 Å². The number of carboxylic acid groups (broad SMARTS) is 1. The first-order valence-electron chi connectivity index (χ1n) is 13.9. The number of para-hydroxylation sites is 2. The highest BCUT2D eigenvalue weighted by Gasteiger charge is 2.39. The van der Waals surface area contributed by atoms with Crippen molar-refractivity contribution in [3.8, 4) is 11.5 Å². The van der Waals surface area contributed by atoms with E-state index in [1.165, 1.54) is 25.3 Å². The monoisotopic (exact) mass is 612 g/mol. The van der Waals surface area contributed by atoms with Crippen LogP contribution in [0.2, 0.25) is 0 Å². The number of benzene rings is 2. The third-order valence-corrected chi connectivity index (χ3v) is 7.10. The summed E-state index contributed by atoms with van der Waals surface area (Å²) < 4.78 is 15.9. The highest BCUT2D eigenvalue weighted by atomic mass is 16.6. The van der Waals surface area contributed by atoms with Crippen LogP contribution in [0.1, 0.15) is 32.3 Å². The van der Waals surface area contributed by atoms with Gasteiger partial charge in [-0.05, 0) is 45.5 Å². The van der Waals surface area contributed by atoms with Gasteiger partial charge in [-0.1, -0.05) is 24.3 Å². The number of nitro benzene ring substituents is 1. The molecule has 0 aromatic heterocycles. The first-order chi connectivity index (χ1) is 20.8. The Morgan fingerprint density at radius 1 is 1.14 bits per heavy atom. The standard InChI is InChI=1S/C31H40N4O9/c1-19-26(30(39)43-6)27(20-10-9-11-21(14-20)35(40)41)28(29(37)38)23(33-19)16-34(4)18-31(2,3)32-15-22(36)17-44-25-13-8-7-12-24(25)42-5/h7-14,22,27,32-33,36H,15-18H2,1-6H3,(H,37,38). The van der Waals surface area contributed by atoms with Crippen molar-refractivity contribution in [3.05, 3.63) is 86.7 Å². The molecule has 0 amide bonds. The average Bonchev–Trinajstić information content (AvgIpc) is 2.97. The van der Waals surface area contributed by atoms with Gasteiger partial charge in [0.2, 0.25) is 0 Å². The van der Waals surface area contributed by atoms with Crippen molar-refractivity contribution in [1.82, 2.24) is 15.5 Å². The number of carboxylic acids is 1. The number of aliphatic hydroxyl groups excluding tert-OH is 1. The summed E-state index contributed by atoms with van der Waals surface area (Å²) in [6.07, 6.45) is -0.814. The van der Waals surface area contributed by atoms with E-state index in [1.54, 1.807) is 32.2 Å². The molecule has 0 fully saturated rings. The predicted molar refractivity (Wildman–Crippen MR) is 162 cm³/mol. The number of hydrogen-bond donors (Lipinski definition) is 4. The van der Waals surface area contributed by atoms with E-state index in [4.69, 9.17) is 14.2 Å². The molecule has 1 heterocycles. The third-order valence-electron chi connectivity index (χ3n) is 7.10. The third kappa shape index (κ3) is 8.56. The minimum atomic E-state index is -1.28. The second kappa shape index (κ2) is 14.8. The second-order valence-corrected chi connectivity index (χ2v) is 11.2. The number of aliphatic carboxylic acids is 1. The number of aliphatic hydroxyl groups is 1. The molecule has 44 heavy (non-hydrogen) atoms. The van der Waals surface area contributed by atoms with Gasteiger partial charge < -0.3 is 35.1 Å². The summed E-state index contributed by atoms with van der Waals surface area (Å²) >= 11 is 0. The number of esters is 1. The molecule has 0 bridgehead atoms. The van der Waals surface area contributed by atoms with Crippen molar-refractivity contribution < 1.29 is 38.9 Å². The van der Waals surface area contributed by atoms with Crippen molar-refractivity contribution in [1.29, 1.82) is 0 Å². The molecule has 13 nitrogen and oxygen atoms in total. The number of methoxy groups -OCH3 is 2. The molecule has 0 spiro atoms. The summed E-state index contributed by atoms with van der Waals surface area (Å²) in [5, 5.41) is 38.8. The number of nitrogens with one attached hydrogen (secondary N) is 2. The molecule has 2 aromatic carbocycles. The molecule has 2 aromatic rings. The fourth-order valence-electron chi connectivity index (χ4n) is 5.24. The van der Waals surface area contributed by atoms with E-state index in [0.717, 1.165) is 0 Å². The predicted octanol–water partition coefficient (Wildman–Crippen LogP) is 2.82. The maximum absolute atomic E-state index is 12.8. The van der Waals surface area contributed by atoms with Gasteiger partial charge >= 0.3 is 11.9 Å². The Labute approximate surface area is 256 Å². The Balaban J connectivity index is 1.77. The van der Waals surface area contributed by atoms with Gasteiger partial charge in [0.15, 0.2) is 11.5 Å². The molecule has 1 aliphatic heterocycles. The van der Waals surface area contributed by atoms with Gasteiger partial charge in [-0.3, -0.25) is 15.0 Å². The highest BCUT2D eigenvalue weighted by molar-refractivity contribution is 5.99. The molecule has 13 heteroatoms. The molecule has 238 valence electrons. The van der Waals surface area contributed by atoms with Crippen molar-refractivity contribution in [3.63, 3.8) is 0 Å². The summed E-state index contributed by atoms with van der Waals surface area (Å²) in [5.74, 6) is -2.02. The molecule has 0 radical (unpaired) electrons. The van der Waals surface area contributed by atoms with Crippen LogP contribution in [-0.4, -0.2) is 91.1 Å². The van der Waals surface area contributed by atoms with Crippen LogP contribution in [0.5, 0.6) is 11.5 Å². The molecule has 0 aliphatic carbocycles. The number of carbonyl (C=O) groups excluding carboxylic acids is 1. The van der Waals surface area contributed by atoms with E-state index in [2.05, 4.69) is 10.6 Å². The molecular formula is C31H40N4O9. The molecular weight excluding hydrogens is 572 g/mol. The van der Waals surface area contributed by atoms with Crippen molar-refractivity contribution in [2.24, 2.45) is 0 Å². The van der Waals surface area contributed by atoms with Gasteiger partial charge in [-0.25, -0.2) is 9.59 Å². The zero-order chi connectivity index (χ0) is 32.6. The molecule has 2 atom stereocenters. The number of ether oxygens (including phenoxy) is 3. The number of non-ortho nitro benzene ring substituents is 1. The average molecular weight is 613 g/mol. The zero-order valence-electron chi connectivity index (χ0n) is 25.7. The maximum Gasteiger partial charge on any atom is 0.336 e. The summed E-state index contributed by atoms with van der Waals surface area (Å²) in [4.78, 5) is 38.3. The van der Waals surface area contributed by atoms with Gasteiger partial charge in [0, 0.05) is 48.7 Å². The Morgan fingerprint density at radius 2 is 1.82 bits per heavy atom. The fourth-order valence-corrected chi connectivity index (χ4v) is 5.24. The van der Waals surface area contributed by atoms with E-state index in [1.807, 2.05) is 37.9 Å². The van der Waals surface area contributed by atoms with Crippen LogP contribution in [0.15, 0.2) is 71.1 Å². The quantitative estimate of drug-likeness (QED) is 0.132. The smallest absolute Gasteiger partial charge is 0.336 e. The highest BCUT2D eigenvalue weighted by Crippen LogP contribution is 2.40. The van der Waals surface area contributed by atoms with E-state index in [9.17, 15) is 29.9 Å². The number of nitro groups is 1. The first-order valence-corrected chi connectivity index (χ1v) is 13.9. The van der Waals surface area contributed by atoms with Crippen LogP contribution < -0.4 is 20.1 Å². The minimum Gasteiger partial charge on any atom is -0.493 e. The lowest BCUT2D eigenvalue weighted by atomic mass is 9.80. The van der Waals surface area contributed by atoms with Gasteiger partial charge in [0.25, 0.3) is 5.69 Å². The van der Waals surface area contributed by atoms with Crippen molar-refractivity contribution in [2.45, 2.75) is 38.3 Å². The maximum atomic E-state index is 12.8. The topological polar surface area (TPSA) is 173 Å². The van der Waals surface area contributed by atoms with Crippen LogP contribution in [-0.2, 0) is 14.3 Å². The first kappa shape index (κ1) is 34.0. The second-order valence-electron chi connectivity index (χ2n) is 11.2. The van der Waals surface area contributed by atoms with Gasteiger partial charge in [-0.2, -0.15) is 0 Å². The molecule has 4 N–H and O–H groups in total. The minimum absolute atomic E-state index is 0.0469. The van der Waals surface area contributed by atoms with Gasteiger partial charge in [-0.15, -0.1) is 0 Å². The Hall–Kier alpha value is -4.46. The number of hydrogen-bond acceptors (Lipinski definition) is 11. The van der Waals surface area contributed by atoms with Crippen LogP contribution in [0.25, 0.3) is 0 Å². The summed E-state index contributed by atoms with van der Waals surface area (Å²) in [6, 6.07) is 12.7. The molecule has 1 aliphatic rings. The van der Waals surface area contributed by atoms with E-state index >= 15 is 0 Å². The number of allylic oxidation sites excluding steroid dienone is 1. The normalized spacial score (nSPS) is 16.0. The number of dihydropyridines is 1. The SMILES string of the molecule is COC(=O)C1=C(C)NC(CN(C)CC(C)(C)NCC(O)COc2ccccc2OC)=C(C(=O)O)C1c1cccc([N+](=O)[O-])c1. The van der Waals surface area contributed by atoms with Crippen molar-refractivity contribution >= 4 is 17.6 Å². The number of rotatable bonds is 15. The molecule has 3 rings (SSSR count). The fraction of sp³-hybridized carbons (Fsp3) is 0.419. The van der Waals surface area contributed by atoms with Crippen LogP contribution >= 0.6 is 0 Å². The van der Waals surface area contributed by atoms with E-state index < -0.39 is 34.4 Å². The molecule has 0 saturated carbocycles. The lowest BCUT2D eigenvalue weighted by molar-refractivity contribution is -0.384. The Bertz CT molecular complexity index is 1440.